The third-order valence-corrected chi connectivity index (χ3v) is 3.78. The minimum absolute atomic E-state index is 0.0123. The molecule has 0 saturated heterocycles. The predicted molar refractivity (Wildman–Crippen MR) is 77.1 cm³/mol. The zero-order valence-electron chi connectivity index (χ0n) is 10.4. The van der Waals surface area contributed by atoms with Gasteiger partial charge in [-0.25, -0.2) is 0 Å². The number of benzene rings is 2. The van der Waals surface area contributed by atoms with Crippen LogP contribution in [0.2, 0.25) is 10.0 Å². The fraction of sp³-hybridized carbons (Fsp3) is 0.133. The first kappa shape index (κ1) is 13.3. The van der Waals surface area contributed by atoms with Gasteiger partial charge in [0.05, 0.1) is 10.0 Å². The summed E-state index contributed by atoms with van der Waals surface area (Å²) in [5, 5.41) is 0.925. The molecule has 102 valence electrons. The molecule has 20 heavy (non-hydrogen) atoms. The Kier molecular flexibility index (Phi) is 3.55. The molecule has 2 aromatic rings. The quantitative estimate of drug-likeness (QED) is 0.799. The van der Waals surface area contributed by atoms with Crippen molar-refractivity contribution in [1.82, 2.24) is 0 Å². The van der Waals surface area contributed by atoms with Gasteiger partial charge in [-0.05, 0) is 35.9 Å². The van der Waals surface area contributed by atoms with Crippen molar-refractivity contribution in [3.63, 3.8) is 0 Å². The Balaban J connectivity index is 1.80. The average molecular weight is 309 g/mol. The number of ether oxygens (including phenoxy) is 2. The number of Topliss-reactive ketones (excluding diaryl/α,β-unsaturated/α-hetero) is 1. The number of carbonyl (C=O) groups excluding carboxylic acids is 1. The van der Waals surface area contributed by atoms with Gasteiger partial charge in [-0.1, -0.05) is 29.3 Å². The first-order valence-electron chi connectivity index (χ1n) is 6.00. The Morgan fingerprint density at radius 2 is 1.80 bits per heavy atom. The molecule has 0 N–H and O–H groups in total. The van der Waals surface area contributed by atoms with E-state index in [1.807, 2.05) is 0 Å². The van der Waals surface area contributed by atoms with Crippen LogP contribution in [-0.4, -0.2) is 12.6 Å². The van der Waals surface area contributed by atoms with Crippen LogP contribution < -0.4 is 9.47 Å². The molecule has 0 unspecified atom stereocenters. The van der Waals surface area contributed by atoms with Crippen LogP contribution >= 0.6 is 23.2 Å². The minimum Gasteiger partial charge on any atom is -0.454 e. The van der Waals surface area contributed by atoms with Gasteiger partial charge in [0.25, 0.3) is 0 Å². The number of fused-ring (bicyclic) bond motifs is 1. The molecule has 0 aromatic heterocycles. The highest BCUT2D eigenvalue weighted by molar-refractivity contribution is 6.42. The third-order valence-electron chi connectivity index (χ3n) is 3.04. The molecule has 1 aliphatic heterocycles. The molecule has 1 heterocycles. The Bertz CT molecular complexity index is 683. The van der Waals surface area contributed by atoms with E-state index in [1.54, 1.807) is 36.4 Å². The van der Waals surface area contributed by atoms with Gasteiger partial charge in [-0.3, -0.25) is 4.79 Å². The maximum atomic E-state index is 12.2. The number of rotatable bonds is 3. The number of carbonyl (C=O) groups is 1. The van der Waals surface area contributed by atoms with Crippen LogP contribution in [0.4, 0.5) is 0 Å². The number of ketones is 1. The Morgan fingerprint density at radius 3 is 2.60 bits per heavy atom. The standard InChI is InChI=1S/C15H10Cl2O3/c16-11-3-1-9(5-12(11)17)6-13(18)10-2-4-14-15(7-10)20-8-19-14/h1-5,7H,6,8H2. The highest BCUT2D eigenvalue weighted by Crippen LogP contribution is 2.33. The summed E-state index contributed by atoms with van der Waals surface area (Å²) < 4.78 is 10.5. The number of hydrogen-bond acceptors (Lipinski definition) is 3. The van der Waals surface area contributed by atoms with E-state index in [0.717, 1.165) is 5.56 Å². The molecule has 0 aliphatic carbocycles. The van der Waals surface area contributed by atoms with E-state index >= 15 is 0 Å². The Morgan fingerprint density at radius 1 is 1.00 bits per heavy atom. The van der Waals surface area contributed by atoms with Crippen molar-refractivity contribution in [2.24, 2.45) is 0 Å². The van der Waals surface area contributed by atoms with Crippen molar-refractivity contribution < 1.29 is 14.3 Å². The number of hydrogen-bond donors (Lipinski definition) is 0. The second-order valence-corrected chi connectivity index (χ2v) is 5.23. The highest BCUT2D eigenvalue weighted by atomic mass is 35.5. The molecule has 0 fully saturated rings. The maximum Gasteiger partial charge on any atom is 0.231 e. The van der Waals surface area contributed by atoms with Gasteiger partial charge in [-0.15, -0.1) is 0 Å². The molecule has 0 bridgehead atoms. The van der Waals surface area contributed by atoms with Gasteiger partial charge < -0.3 is 9.47 Å². The van der Waals surface area contributed by atoms with Crippen LogP contribution in [-0.2, 0) is 6.42 Å². The topological polar surface area (TPSA) is 35.5 Å². The monoisotopic (exact) mass is 308 g/mol. The molecule has 0 radical (unpaired) electrons. The zero-order valence-corrected chi connectivity index (χ0v) is 11.9. The smallest absolute Gasteiger partial charge is 0.231 e. The average Bonchev–Trinajstić information content (AvgIpc) is 2.90. The van der Waals surface area contributed by atoms with Crippen LogP contribution in [0.3, 0.4) is 0 Å². The SMILES string of the molecule is O=C(Cc1ccc(Cl)c(Cl)c1)c1ccc2c(c1)OCO2. The molecule has 2 aromatic carbocycles. The van der Waals surface area contributed by atoms with Gasteiger partial charge in [0, 0.05) is 12.0 Å². The molecule has 5 heteroatoms. The summed E-state index contributed by atoms with van der Waals surface area (Å²) in [5.41, 5.74) is 1.40. The van der Waals surface area contributed by atoms with Crippen molar-refractivity contribution in [2.45, 2.75) is 6.42 Å². The van der Waals surface area contributed by atoms with Gasteiger partial charge in [-0.2, -0.15) is 0 Å². The summed E-state index contributed by atoms with van der Waals surface area (Å²) in [7, 11) is 0. The summed E-state index contributed by atoms with van der Waals surface area (Å²) in [5.74, 6) is 1.25. The first-order valence-corrected chi connectivity index (χ1v) is 6.76. The second-order valence-electron chi connectivity index (χ2n) is 4.42. The fourth-order valence-electron chi connectivity index (χ4n) is 2.01. The van der Waals surface area contributed by atoms with E-state index in [1.165, 1.54) is 0 Å². The van der Waals surface area contributed by atoms with Crippen molar-refractivity contribution in [1.29, 1.82) is 0 Å². The molecule has 3 nitrogen and oxygen atoms in total. The Hall–Kier alpha value is -1.71. The van der Waals surface area contributed by atoms with Gasteiger partial charge >= 0.3 is 0 Å². The van der Waals surface area contributed by atoms with Crippen molar-refractivity contribution in [3.8, 4) is 11.5 Å². The van der Waals surface area contributed by atoms with Crippen molar-refractivity contribution in [3.05, 3.63) is 57.6 Å². The van der Waals surface area contributed by atoms with E-state index < -0.39 is 0 Å². The summed E-state index contributed by atoms with van der Waals surface area (Å²) in [6.45, 7) is 0.194. The first-order chi connectivity index (χ1) is 9.63. The van der Waals surface area contributed by atoms with E-state index in [9.17, 15) is 4.79 Å². The zero-order chi connectivity index (χ0) is 14.1. The van der Waals surface area contributed by atoms with Gasteiger partial charge in [0.1, 0.15) is 0 Å². The number of halogens is 2. The molecule has 0 saturated carbocycles. The lowest BCUT2D eigenvalue weighted by atomic mass is 10.0. The second kappa shape index (κ2) is 5.35. The normalized spacial score (nSPS) is 12.5. The van der Waals surface area contributed by atoms with Crippen molar-refractivity contribution in [2.75, 3.05) is 6.79 Å². The largest absolute Gasteiger partial charge is 0.454 e. The molecule has 3 rings (SSSR count). The van der Waals surface area contributed by atoms with Crippen LogP contribution in [0.15, 0.2) is 36.4 Å². The van der Waals surface area contributed by atoms with Gasteiger partial charge in [0.15, 0.2) is 17.3 Å². The molecule has 0 amide bonds. The Labute approximate surface area is 126 Å². The minimum atomic E-state index is -0.0123. The lowest BCUT2D eigenvalue weighted by Crippen LogP contribution is -2.03. The lowest BCUT2D eigenvalue weighted by Gasteiger charge is -2.04. The van der Waals surface area contributed by atoms with Crippen molar-refractivity contribution >= 4 is 29.0 Å². The molecule has 0 spiro atoms. The van der Waals surface area contributed by atoms with Crippen LogP contribution in [0.5, 0.6) is 11.5 Å². The highest BCUT2D eigenvalue weighted by Gasteiger charge is 2.16. The van der Waals surface area contributed by atoms with E-state index in [4.69, 9.17) is 32.7 Å². The molecule has 1 aliphatic rings. The summed E-state index contributed by atoms with van der Waals surface area (Å²) in [4.78, 5) is 12.2. The summed E-state index contributed by atoms with van der Waals surface area (Å²) in [6, 6.07) is 10.3. The predicted octanol–water partition coefficient (Wildman–Crippen LogP) is 4.15. The van der Waals surface area contributed by atoms with Crippen LogP contribution in [0, 0.1) is 0 Å². The van der Waals surface area contributed by atoms with E-state index in [0.29, 0.717) is 27.1 Å². The van der Waals surface area contributed by atoms with E-state index in [2.05, 4.69) is 0 Å². The molecule has 0 atom stereocenters. The third kappa shape index (κ3) is 2.60. The summed E-state index contributed by atoms with van der Waals surface area (Å²) in [6.07, 6.45) is 0.260. The van der Waals surface area contributed by atoms with E-state index in [-0.39, 0.29) is 19.0 Å². The maximum absolute atomic E-state index is 12.2. The van der Waals surface area contributed by atoms with Crippen LogP contribution in [0.1, 0.15) is 15.9 Å². The van der Waals surface area contributed by atoms with Crippen LogP contribution in [0.25, 0.3) is 0 Å². The van der Waals surface area contributed by atoms with Gasteiger partial charge in [0.2, 0.25) is 6.79 Å². The fourth-order valence-corrected chi connectivity index (χ4v) is 2.33. The molecular weight excluding hydrogens is 299 g/mol. The lowest BCUT2D eigenvalue weighted by molar-refractivity contribution is 0.0992. The molecular formula is C15H10Cl2O3. The summed E-state index contributed by atoms with van der Waals surface area (Å²) >= 11 is 11.8.